The average molecular weight is 287 g/mol. The third-order valence-corrected chi connectivity index (χ3v) is 3.05. The third-order valence-electron chi connectivity index (χ3n) is 2.85. The van der Waals surface area contributed by atoms with Crippen molar-refractivity contribution in [3.63, 3.8) is 0 Å². The minimum atomic E-state index is 0.326. The number of rotatable bonds is 5. The van der Waals surface area contributed by atoms with E-state index in [1.807, 2.05) is 44.2 Å². The Bertz CT molecular complexity index is 628. The Morgan fingerprint density at radius 3 is 2.80 bits per heavy atom. The fourth-order valence-corrected chi connectivity index (χ4v) is 2.20. The Morgan fingerprint density at radius 1 is 1.35 bits per heavy atom. The highest BCUT2D eigenvalue weighted by atomic mass is 32.1. The molecule has 1 aromatic heterocycles. The van der Waals surface area contributed by atoms with Crippen LogP contribution in [0, 0.1) is 6.92 Å². The smallest absolute Gasteiger partial charge is 0.142 e. The molecule has 2 aromatic rings. The van der Waals surface area contributed by atoms with Gasteiger partial charge in [-0.2, -0.15) is 0 Å². The van der Waals surface area contributed by atoms with Crippen molar-refractivity contribution in [1.29, 1.82) is 0 Å². The summed E-state index contributed by atoms with van der Waals surface area (Å²) >= 11 is 5.10. The topological polar surface area (TPSA) is 60.2 Å². The highest BCUT2D eigenvalue weighted by molar-refractivity contribution is 7.80. The van der Waals surface area contributed by atoms with Crippen LogP contribution in [0.25, 0.3) is 0 Å². The molecule has 5 heteroatoms. The van der Waals surface area contributed by atoms with Crippen molar-refractivity contribution in [3.05, 3.63) is 47.7 Å². The zero-order chi connectivity index (χ0) is 14.5. The average Bonchev–Trinajstić information content (AvgIpc) is 2.41. The van der Waals surface area contributed by atoms with Crippen LogP contribution in [0.4, 0.5) is 11.5 Å². The molecule has 0 atom stereocenters. The monoisotopic (exact) mass is 287 g/mol. The van der Waals surface area contributed by atoms with Crippen LogP contribution in [0.1, 0.15) is 18.1 Å². The fourth-order valence-electron chi connectivity index (χ4n) is 1.94. The highest BCUT2D eigenvalue weighted by Gasteiger charge is 2.11. The number of aromatic nitrogens is 1. The first-order valence-corrected chi connectivity index (χ1v) is 6.78. The first kappa shape index (κ1) is 14.3. The lowest BCUT2D eigenvalue weighted by Crippen LogP contribution is -2.15. The van der Waals surface area contributed by atoms with Crippen molar-refractivity contribution in [2.45, 2.75) is 13.8 Å². The molecule has 2 rings (SSSR count). The summed E-state index contributed by atoms with van der Waals surface area (Å²) in [6.07, 6.45) is 1.72. The molecule has 0 aliphatic carbocycles. The number of aryl methyl sites for hydroxylation is 1. The van der Waals surface area contributed by atoms with Gasteiger partial charge in [0.05, 0.1) is 17.9 Å². The first-order valence-electron chi connectivity index (χ1n) is 6.37. The molecule has 20 heavy (non-hydrogen) atoms. The van der Waals surface area contributed by atoms with E-state index in [0.717, 1.165) is 22.6 Å². The van der Waals surface area contributed by atoms with Gasteiger partial charge in [0.2, 0.25) is 0 Å². The maximum Gasteiger partial charge on any atom is 0.142 e. The predicted octanol–water partition coefficient (Wildman–Crippen LogP) is 3.17. The number of thiocarbonyl (C=S) groups is 1. The van der Waals surface area contributed by atoms with E-state index in [2.05, 4.69) is 10.3 Å². The molecule has 0 saturated heterocycles. The Labute approximate surface area is 124 Å². The molecule has 0 spiro atoms. The van der Waals surface area contributed by atoms with Gasteiger partial charge >= 0.3 is 0 Å². The summed E-state index contributed by atoms with van der Waals surface area (Å²) in [7, 11) is 0. The maximum atomic E-state index is 5.79. The minimum absolute atomic E-state index is 0.326. The van der Waals surface area contributed by atoms with E-state index < -0.39 is 0 Å². The van der Waals surface area contributed by atoms with E-state index in [-0.39, 0.29) is 0 Å². The molecule has 3 N–H and O–H groups in total. The second-order valence-corrected chi connectivity index (χ2v) is 4.71. The van der Waals surface area contributed by atoms with Gasteiger partial charge in [0, 0.05) is 6.20 Å². The molecule has 0 bridgehead atoms. The highest BCUT2D eigenvalue weighted by Crippen LogP contribution is 2.28. The second-order valence-electron chi connectivity index (χ2n) is 4.27. The van der Waals surface area contributed by atoms with Crippen molar-refractivity contribution in [2.24, 2.45) is 5.73 Å². The molecule has 1 heterocycles. The number of nitrogens with zero attached hydrogens (tertiary/aromatic N) is 1. The second kappa shape index (κ2) is 6.34. The van der Waals surface area contributed by atoms with Gasteiger partial charge in [0.15, 0.2) is 0 Å². The van der Waals surface area contributed by atoms with Crippen LogP contribution >= 0.6 is 12.2 Å². The molecule has 0 aliphatic heterocycles. The standard InChI is InChI=1S/C15H17N3OS/c1-3-19-12-7-5-4-6-11(12)18-15-13(14(16)20)10(2)8-9-17-15/h4-9H,3H2,1-2H3,(H2,16,20)(H,17,18). The Balaban J connectivity index is 2.40. The Hall–Kier alpha value is -2.14. The third kappa shape index (κ3) is 3.05. The molecule has 1 aromatic carbocycles. The molecule has 0 radical (unpaired) electrons. The molecule has 0 saturated carbocycles. The lowest BCUT2D eigenvalue weighted by molar-refractivity contribution is 0.342. The van der Waals surface area contributed by atoms with E-state index in [9.17, 15) is 0 Å². The normalized spacial score (nSPS) is 10.1. The van der Waals surface area contributed by atoms with Crippen LogP contribution in [0.2, 0.25) is 0 Å². The summed E-state index contributed by atoms with van der Waals surface area (Å²) in [6, 6.07) is 9.57. The number of ether oxygens (including phenoxy) is 1. The van der Waals surface area contributed by atoms with Crippen molar-refractivity contribution in [3.8, 4) is 5.75 Å². The van der Waals surface area contributed by atoms with Gasteiger partial charge in [-0.25, -0.2) is 4.98 Å². The van der Waals surface area contributed by atoms with E-state index >= 15 is 0 Å². The van der Waals surface area contributed by atoms with Gasteiger partial charge in [0.25, 0.3) is 0 Å². The molecule has 104 valence electrons. The van der Waals surface area contributed by atoms with Gasteiger partial charge in [-0.05, 0) is 37.6 Å². The number of nitrogens with two attached hydrogens (primary N) is 1. The van der Waals surface area contributed by atoms with Crippen molar-refractivity contribution >= 4 is 28.7 Å². The fraction of sp³-hybridized carbons (Fsp3) is 0.200. The molecular weight excluding hydrogens is 270 g/mol. The van der Waals surface area contributed by atoms with Crippen molar-refractivity contribution in [1.82, 2.24) is 4.98 Å². The lowest BCUT2D eigenvalue weighted by Gasteiger charge is -2.15. The predicted molar refractivity (Wildman–Crippen MR) is 85.8 cm³/mol. The summed E-state index contributed by atoms with van der Waals surface area (Å²) in [5, 5.41) is 3.24. The molecule has 0 aliphatic rings. The van der Waals surface area contributed by atoms with E-state index in [1.165, 1.54) is 0 Å². The number of hydrogen-bond donors (Lipinski definition) is 2. The summed E-state index contributed by atoms with van der Waals surface area (Å²) in [4.78, 5) is 4.65. The van der Waals surface area contributed by atoms with Gasteiger partial charge in [0.1, 0.15) is 16.6 Å². The first-order chi connectivity index (χ1) is 9.63. The van der Waals surface area contributed by atoms with Gasteiger partial charge in [-0.1, -0.05) is 24.4 Å². The van der Waals surface area contributed by atoms with Crippen LogP contribution < -0.4 is 15.8 Å². The molecular formula is C15H17N3OS. The number of hydrogen-bond acceptors (Lipinski definition) is 4. The van der Waals surface area contributed by atoms with Crippen molar-refractivity contribution < 1.29 is 4.74 Å². The number of anilines is 2. The van der Waals surface area contributed by atoms with Gasteiger partial charge < -0.3 is 15.8 Å². The van der Waals surface area contributed by atoms with Crippen LogP contribution in [-0.4, -0.2) is 16.6 Å². The largest absolute Gasteiger partial charge is 0.492 e. The van der Waals surface area contributed by atoms with E-state index in [4.69, 9.17) is 22.7 Å². The van der Waals surface area contributed by atoms with Gasteiger partial charge in [-0.15, -0.1) is 0 Å². The summed E-state index contributed by atoms with van der Waals surface area (Å²) in [5.41, 5.74) is 8.37. The molecule has 4 nitrogen and oxygen atoms in total. The Morgan fingerprint density at radius 2 is 2.10 bits per heavy atom. The lowest BCUT2D eigenvalue weighted by atomic mass is 10.1. The molecule has 0 unspecified atom stereocenters. The zero-order valence-electron chi connectivity index (χ0n) is 11.5. The van der Waals surface area contributed by atoms with Crippen LogP contribution in [0.15, 0.2) is 36.5 Å². The summed E-state index contributed by atoms with van der Waals surface area (Å²) < 4.78 is 5.59. The van der Waals surface area contributed by atoms with E-state index in [1.54, 1.807) is 6.20 Å². The number of benzene rings is 1. The van der Waals surface area contributed by atoms with Crippen molar-refractivity contribution in [2.75, 3.05) is 11.9 Å². The van der Waals surface area contributed by atoms with Gasteiger partial charge in [-0.3, -0.25) is 0 Å². The number of para-hydroxylation sites is 2. The quantitative estimate of drug-likeness (QED) is 0.827. The molecule has 0 fully saturated rings. The minimum Gasteiger partial charge on any atom is -0.492 e. The summed E-state index contributed by atoms with van der Waals surface area (Å²) in [5.74, 6) is 1.41. The summed E-state index contributed by atoms with van der Waals surface area (Å²) in [6.45, 7) is 4.50. The zero-order valence-corrected chi connectivity index (χ0v) is 12.3. The number of pyridine rings is 1. The Kier molecular flexibility index (Phi) is 4.53. The van der Waals surface area contributed by atoms with Crippen LogP contribution in [0.5, 0.6) is 5.75 Å². The SMILES string of the molecule is CCOc1ccccc1Nc1nccc(C)c1C(N)=S. The van der Waals surface area contributed by atoms with E-state index in [0.29, 0.717) is 17.4 Å². The van der Waals surface area contributed by atoms with Crippen LogP contribution in [0.3, 0.4) is 0 Å². The maximum absolute atomic E-state index is 5.79. The number of nitrogens with one attached hydrogen (secondary N) is 1. The molecule has 0 amide bonds. The van der Waals surface area contributed by atoms with Crippen LogP contribution in [-0.2, 0) is 0 Å².